The third-order valence-corrected chi connectivity index (χ3v) is 6.73. The van der Waals surface area contributed by atoms with Crippen LogP contribution in [0.15, 0.2) is 17.1 Å². The molecule has 1 aliphatic heterocycles. The molecule has 2 aromatic rings. The van der Waals surface area contributed by atoms with Crippen LogP contribution in [0.25, 0.3) is 10.9 Å². The van der Waals surface area contributed by atoms with E-state index in [1.165, 1.54) is 10.6 Å². The molecule has 3 N–H and O–H groups in total. The molecule has 148 valence electrons. The number of anilines is 1. The highest BCUT2D eigenvalue weighted by Gasteiger charge is 2.54. The Hall–Kier alpha value is -2.19. The van der Waals surface area contributed by atoms with E-state index in [-0.39, 0.29) is 39.5 Å². The molecule has 0 unspecified atom stereocenters. The molecule has 28 heavy (non-hydrogen) atoms. The van der Waals surface area contributed by atoms with Crippen molar-refractivity contribution in [3.8, 4) is 0 Å². The predicted molar refractivity (Wildman–Crippen MR) is 101 cm³/mol. The number of rotatable bonds is 3. The number of carboxylic acids is 1. The van der Waals surface area contributed by atoms with Gasteiger partial charge in [-0.05, 0) is 18.9 Å². The lowest BCUT2D eigenvalue weighted by Gasteiger charge is -2.22. The van der Waals surface area contributed by atoms with Crippen LogP contribution < -0.4 is 16.1 Å². The highest BCUT2D eigenvalue weighted by atomic mass is 35.5. The molecule has 1 spiro atoms. The second-order valence-corrected chi connectivity index (χ2v) is 8.55. The van der Waals surface area contributed by atoms with Gasteiger partial charge in [-0.1, -0.05) is 11.6 Å². The maximum atomic E-state index is 15.2. The zero-order chi connectivity index (χ0) is 20.0. The quantitative estimate of drug-likeness (QED) is 0.813. The van der Waals surface area contributed by atoms with Gasteiger partial charge in [0.15, 0.2) is 5.82 Å². The molecule has 3 aliphatic rings. The van der Waals surface area contributed by atoms with Crippen molar-refractivity contribution >= 4 is 34.2 Å². The topological polar surface area (TPSA) is 88.6 Å². The number of aromatic carboxylic acids is 1. The van der Waals surface area contributed by atoms with E-state index in [2.05, 4.69) is 0 Å². The van der Waals surface area contributed by atoms with Gasteiger partial charge < -0.3 is 20.3 Å². The van der Waals surface area contributed by atoms with E-state index in [1.54, 1.807) is 4.90 Å². The van der Waals surface area contributed by atoms with Crippen LogP contribution >= 0.6 is 11.6 Å². The number of pyridine rings is 1. The normalized spacial score (nSPS) is 27.6. The summed E-state index contributed by atoms with van der Waals surface area (Å²) >= 11 is 6.30. The number of fused-ring (bicyclic) bond motifs is 1. The third-order valence-electron chi connectivity index (χ3n) is 6.39. The van der Waals surface area contributed by atoms with Crippen molar-refractivity contribution in [3.63, 3.8) is 0 Å². The van der Waals surface area contributed by atoms with Gasteiger partial charge in [0, 0.05) is 37.2 Å². The van der Waals surface area contributed by atoms with Crippen molar-refractivity contribution < 1.29 is 18.7 Å². The number of carbonyl (C=O) groups is 1. The number of alkyl halides is 1. The standard InChI is InChI=1S/C19H18ClF2N3O3/c20-14-15(22)12(24-6-13(23)19(7-24)1-2-19)3-8-16(14)25(11-4-10(11)21)5-9(17(8)26)18(27)28/h3,5,10-11,13H,1-2,4,6-7,23H2,(H,27,28)/t10-,11+,13+/m0/s1. The number of halogens is 3. The van der Waals surface area contributed by atoms with Gasteiger partial charge in [-0.3, -0.25) is 4.79 Å². The lowest BCUT2D eigenvalue weighted by molar-refractivity contribution is 0.0694. The second kappa shape index (κ2) is 5.67. The molecule has 0 bridgehead atoms. The molecule has 9 heteroatoms. The Balaban J connectivity index is 1.74. The number of hydrogen-bond acceptors (Lipinski definition) is 4. The number of nitrogens with zero attached hydrogens (tertiary/aromatic N) is 2. The average Bonchev–Trinajstić information content (AvgIpc) is 3.53. The van der Waals surface area contributed by atoms with Gasteiger partial charge in [0.05, 0.1) is 22.6 Å². The van der Waals surface area contributed by atoms with Crippen molar-refractivity contribution in [2.75, 3.05) is 18.0 Å². The molecule has 5 rings (SSSR count). The number of hydrogen-bond donors (Lipinski definition) is 2. The fourth-order valence-electron chi connectivity index (χ4n) is 4.39. The van der Waals surface area contributed by atoms with E-state index in [4.69, 9.17) is 17.3 Å². The van der Waals surface area contributed by atoms with Crippen LogP contribution in [0.3, 0.4) is 0 Å². The molecule has 2 aliphatic carbocycles. The number of carboxylic acid groups (broad SMARTS) is 1. The van der Waals surface area contributed by atoms with Crippen LogP contribution in [0.5, 0.6) is 0 Å². The van der Waals surface area contributed by atoms with E-state index in [0.717, 1.165) is 19.0 Å². The fraction of sp³-hybridized carbons (Fsp3) is 0.474. The van der Waals surface area contributed by atoms with Gasteiger partial charge in [-0.2, -0.15) is 0 Å². The summed E-state index contributed by atoms with van der Waals surface area (Å²) in [6, 6.07) is 0.590. The van der Waals surface area contributed by atoms with Crippen LogP contribution in [-0.4, -0.2) is 40.9 Å². The molecule has 6 nitrogen and oxygen atoms in total. The largest absolute Gasteiger partial charge is 0.477 e. The SMILES string of the molecule is N[C@@H]1CN(c2cc3c(=O)c(C(=O)O)cn([C@@H]4C[C@@H]4F)c3c(Cl)c2F)CC12CC2. The van der Waals surface area contributed by atoms with Gasteiger partial charge in [0.25, 0.3) is 0 Å². The first-order chi connectivity index (χ1) is 13.2. The summed E-state index contributed by atoms with van der Waals surface area (Å²) in [5.41, 5.74) is 5.10. The van der Waals surface area contributed by atoms with Crippen LogP contribution in [-0.2, 0) is 0 Å². The second-order valence-electron chi connectivity index (χ2n) is 8.17. The van der Waals surface area contributed by atoms with Crippen molar-refractivity contribution in [1.82, 2.24) is 4.57 Å². The molecule has 0 radical (unpaired) electrons. The molecular weight excluding hydrogens is 392 g/mol. The average molecular weight is 410 g/mol. The van der Waals surface area contributed by atoms with Crippen LogP contribution in [0.1, 0.15) is 35.7 Å². The van der Waals surface area contributed by atoms with Crippen LogP contribution in [0, 0.1) is 11.2 Å². The molecule has 1 aromatic heterocycles. The van der Waals surface area contributed by atoms with Crippen LogP contribution in [0.2, 0.25) is 5.02 Å². The van der Waals surface area contributed by atoms with Crippen molar-refractivity contribution in [3.05, 3.63) is 38.9 Å². The molecule has 1 saturated heterocycles. The van der Waals surface area contributed by atoms with Gasteiger partial charge in [-0.15, -0.1) is 0 Å². The highest BCUT2D eigenvalue weighted by Crippen LogP contribution is 2.53. The monoisotopic (exact) mass is 409 g/mol. The van der Waals surface area contributed by atoms with E-state index < -0.39 is 35.0 Å². The predicted octanol–water partition coefficient (Wildman–Crippen LogP) is 2.70. The Labute approximate surface area is 163 Å². The maximum Gasteiger partial charge on any atom is 0.341 e. The Morgan fingerprint density at radius 2 is 2.07 bits per heavy atom. The molecular formula is C19H18ClF2N3O3. The van der Waals surface area contributed by atoms with E-state index in [9.17, 15) is 19.1 Å². The first-order valence-corrected chi connectivity index (χ1v) is 9.56. The summed E-state index contributed by atoms with van der Waals surface area (Å²) in [7, 11) is 0. The Morgan fingerprint density at radius 3 is 2.61 bits per heavy atom. The fourth-order valence-corrected chi connectivity index (χ4v) is 4.68. The molecule has 3 atom stereocenters. The maximum absolute atomic E-state index is 15.2. The van der Waals surface area contributed by atoms with Crippen molar-refractivity contribution in [1.29, 1.82) is 0 Å². The lowest BCUT2D eigenvalue weighted by atomic mass is 10.0. The number of nitrogens with two attached hydrogens (primary N) is 1. The summed E-state index contributed by atoms with van der Waals surface area (Å²) in [4.78, 5) is 26.1. The highest BCUT2D eigenvalue weighted by molar-refractivity contribution is 6.35. The smallest absolute Gasteiger partial charge is 0.341 e. The minimum absolute atomic E-state index is 0.0214. The Kier molecular flexibility index (Phi) is 3.62. The summed E-state index contributed by atoms with van der Waals surface area (Å²) in [6.07, 6.45) is 2.00. The summed E-state index contributed by atoms with van der Waals surface area (Å²) < 4.78 is 30.2. The van der Waals surface area contributed by atoms with Crippen molar-refractivity contribution in [2.45, 2.75) is 37.5 Å². The zero-order valence-corrected chi connectivity index (χ0v) is 15.5. The summed E-state index contributed by atoms with van der Waals surface area (Å²) in [5.74, 6) is -2.12. The number of aromatic nitrogens is 1. The zero-order valence-electron chi connectivity index (χ0n) is 14.8. The molecule has 0 amide bonds. The summed E-state index contributed by atoms with van der Waals surface area (Å²) in [5, 5.41) is 9.07. The van der Waals surface area contributed by atoms with Gasteiger partial charge in [0.2, 0.25) is 5.43 Å². The van der Waals surface area contributed by atoms with E-state index in [0.29, 0.717) is 13.1 Å². The minimum Gasteiger partial charge on any atom is -0.477 e. The number of benzene rings is 1. The van der Waals surface area contributed by atoms with Crippen LogP contribution in [0.4, 0.5) is 14.5 Å². The summed E-state index contributed by atoms with van der Waals surface area (Å²) in [6.45, 7) is 0.996. The van der Waals surface area contributed by atoms with E-state index >= 15 is 4.39 Å². The molecule has 3 fully saturated rings. The third kappa shape index (κ3) is 2.40. The molecule has 2 heterocycles. The molecule has 1 aromatic carbocycles. The first kappa shape index (κ1) is 17.9. The Morgan fingerprint density at radius 1 is 1.39 bits per heavy atom. The van der Waals surface area contributed by atoms with Gasteiger partial charge >= 0.3 is 5.97 Å². The first-order valence-electron chi connectivity index (χ1n) is 9.18. The van der Waals surface area contributed by atoms with Gasteiger partial charge in [-0.25, -0.2) is 13.6 Å². The van der Waals surface area contributed by atoms with Crippen molar-refractivity contribution in [2.24, 2.45) is 11.1 Å². The molecule has 2 saturated carbocycles. The van der Waals surface area contributed by atoms with E-state index in [1.807, 2.05) is 0 Å². The lowest BCUT2D eigenvalue weighted by Crippen LogP contribution is -2.30. The van der Waals surface area contributed by atoms with Gasteiger partial charge in [0.1, 0.15) is 16.8 Å². The Bertz CT molecular complexity index is 1100. The minimum atomic E-state index is -1.42.